The molecule has 3 heterocycles. The molecule has 2 aromatic heterocycles. The van der Waals surface area contributed by atoms with Gasteiger partial charge in [-0.3, -0.25) is 0 Å². The van der Waals surface area contributed by atoms with Gasteiger partial charge in [0.2, 0.25) is 0 Å². The van der Waals surface area contributed by atoms with E-state index in [2.05, 4.69) is 125 Å². The molecular formula is C38H68BaN4O. The number of imidazole rings is 2. The summed E-state index contributed by atoms with van der Waals surface area (Å²) in [5.41, 5.74) is 5.21. The zero-order valence-corrected chi connectivity index (χ0v) is 36.7. The van der Waals surface area contributed by atoms with Crippen molar-refractivity contribution in [3.63, 3.8) is 0 Å². The largest absolute Gasteiger partial charge is 2.00 e. The second-order valence-corrected chi connectivity index (χ2v) is 16.9. The first-order chi connectivity index (χ1) is 19.4. The first-order valence-corrected chi connectivity index (χ1v) is 16.8. The zero-order chi connectivity index (χ0) is 33.7. The summed E-state index contributed by atoms with van der Waals surface area (Å²) in [6.45, 7) is 41.9. The fourth-order valence-corrected chi connectivity index (χ4v) is 4.25. The predicted molar refractivity (Wildman–Crippen MR) is 191 cm³/mol. The van der Waals surface area contributed by atoms with E-state index < -0.39 is 0 Å². The molecule has 248 valence electrons. The van der Waals surface area contributed by atoms with Crippen molar-refractivity contribution in [2.75, 3.05) is 13.2 Å². The summed E-state index contributed by atoms with van der Waals surface area (Å²) in [4.78, 5) is 19.7. The third kappa shape index (κ3) is 11.7. The normalized spacial score (nSPS) is 14.4. The third-order valence-electron chi connectivity index (χ3n) is 9.36. The minimum atomic E-state index is 0. The Labute approximate surface area is 313 Å². The molecule has 0 spiro atoms. The van der Waals surface area contributed by atoms with Crippen molar-refractivity contribution in [1.82, 2.24) is 19.9 Å². The molecule has 0 saturated heterocycles. The number of rotatable bonds is 8. The third-order valence-corrected chi connectivity index (χ3v) is 9.36. The Morgan fingerprint density at radius 2 is 0.795 bits per heavy atom. The Bertz CT molecular complexity index is 1010. The maximum absolute atomic E-state index is 4.93. The molecule has 0 N–H and O–H groups in total. The molecule has 0 fully saturated rings. The second-order valence-electron chi connectivity index (χ2n) is 16.9. The minimum Gasteiger partial charge on any atom is -0.442 e. The molecule has 0 unspecified atom stereocenters. The summed E-state index contributed by atoms with van der Waals surface area (Å²) in [5.74, 6) is 1.97. The molecule has 0 atom stereocenters. The van der Waals surface area contributed by atoms with Crippen molar-refractivity contribution in [2.45, 2.75) is 183 Å². The van der Waals surface area contributed by atoms with Gasteiger partial charge in [-0.15, -0.1) is 0 Å². The maximum Gasteiger partial charge on any atom is 2.00 e. The predicted octanol–water partition coefficient (Wildman–Crippen LogP) is 9.62. The molecule has 6 heteroatoms. The van der Waals surface area contributed by atoms with E-state index in [0.29, 0.717) is 0 Å². The maximum atomic E-state index is 4.93. The first-order valence-electron chi connectivity index (χ1n) is 16.8. The van der Waals surface area contributed by atoms with Gasteiger partial charge >= 0.3 is 48.9 Å². The average Bonchev–Trinajstić information content (AvgIpc) is 3.69. The van der Waals surface area contributed by atoms with Crippen molar-refractivity contribution >= 4 is 48.9 Å². The summed E-state index contributed by atoms with van der Waals surface area (Å²) >= 11 is 0. The number of nitrogens with zero attached hydrogens (tertiary/aromatic N) is 4. The van der Waals surface area contributed by atoms with Crippen LogP contribution >= 0.6 is 0 Å². The summed E-state index contributed by atoms with van der Waals surface area (Å²) in [7, 11) is 0. The van der Waals surface area contributed by atoms with E-state index in [1.807, 2.05) is 12.2 Å². The van der Waals surface area contributed by atoms with E-state index in [1.165, 1.54) is 22.8 Å². The number of hydrogen-bond acceptors (Lipinski definition) is 3. The molecule has 2 aromatic rings. The van der Waals surface area contributed by atoms with Crippen LogP contribution in [-0.4, -0.2) is 72.1 Å². The zero-order valence-electron chi connectivity index (χ0n) is 32.3. The molecule has 0 bridgehead atoms. The molecule has 0 radical (unpaired) electrons. The monoisotopic (exact) mass is 734 g/mol. The minimum absolute atomic E-state index is 0. The van der Waals surface area contributed by atoms with Gasteiger partial charge in [0, 0.05) is 0 Å². The standard InChI is InChI=1S/2C17H31N2.C4H6O.Ba/c2*1-10-16(6,7)12-13(17(8,9)11-2)19-14(18-12)15(3,4)5;1-2-4-5-3-1;/h2*10-11H2,1-9H3;1-2H,3-4H2;/q2*-1;;+2. The quantitative estimate of drug-likeness (QED) is 0.200. The van der Waals surface area contributed by atoms with Crippen LogP contribution in [0.4, 0.5) is 0 Å². The number of ether oxygens (including phenoxy) is 1. The van der Waals surface area contributed by atoms with E-state index in [9.17, 15) is 0 Å². The van der Waals surface area contributed by atoms with Gasteiger partial charge < -0.3 is 24.7 Å². The molecule has 0 aliphatic carbocycles. The van der Waals surface area contributed by atoms with Crippen molar-refractivity contribution < 1.29 is 4.74 Å². The van der Waals surface area contributed by atoms with Crippen molar-refractivity contribution in [2.24, 2.45) is 0 Å². The van der Waals surface area contributed by atoms with Crippen LogP contribution in [-0.2, 0) is 37.2 Å². The van der Waals surface area contributed by atoms with E-state index in [4.69, 9.17) is 24.7 Å². The van der Waals surface area contributed by atoms with E-state index in [-0.39, 0.29) is 81.4 Å². The van der Waals surface area contributed by atoms with Crippen LogP contribution in [0.3, 0.4) is 0 Å². The summed E-state index contributed by atoms with van der Waals surface area (Å²) < 4.78 is 4.83. The average molecular weight is 734 g/mol. The number of aromatic nitrogens is 4. The Hall–Kier alpha value is -0.309. The van der Waals surface area contributed by atoms with Gasteiger partial charge in [0.25, 0.3) is 0 Å². The molecule has 0 saturated carbocycles. The van der Waals surface area contributed by atoms with Crippen LogP contribution in [0.5, 0.6) is 0 Å². The Morgan fingerprint density at radius 3 is 0.977 bits per heavy atom. The number of hydrogen-bond donors (Lipinski definition) is 0. The fraction of sp³-hybridized carbons (Fsp3) is 0.789. The molecular weight excluding hydrogens is 666 g/mol. The Kier molecular flexibility index (Phi) is 16.6. The van der Waals surface area contributed by atoms with Gasteiger partial charge in [0.15, 0.2) is 0 Å². The van der Waals surface area contributed by atoms with E-state index in [0.717, 1.165) is 50.5 Å². The summed E-state index contributed by atoms with van der Waals surface area (Å²) in [6, 6.07) is 0. The van der Waals surface area contributed by atoms with E-state index >= 15 is 0 Å². The van der Waals surface area contributed by atoms with Crippen LogP contribution < -0.4 is 9.97 Å². The first kappa shape index (κ1) is 43.7. The molecule has 1 aliphatic rings. The Balaban J connectivity index is 0.000000709. The van der Waals surface area contributed by atoms with Gasteiger partial charge in [0.05, 0.1) is 13.2 Å². The van der Waals surface area contributed by atoms with Crippen LogP contribution in [0.25, 0.3) is 0 Å². The van der Waals surface area contributed by atoms with Gasteiger partial charge in [-0.1, -0.05) is 171 Å². The Morgan fingerprint density at radius 1 is 0.523 bits per heavy atom. The molecule has 1 aliphatic heterocycles. The smallest absolute Gasteiger partial charge is 0.442 e. The molecule has 0 aromatic carbocycles. The van der Waals surface area contributed by atoms with Gasteiger partial charge in [-0.25, -0.2) is 0 Å². The van der Waals surface area contributed by atoms with E-state index in [1.54, 1.807) is 0 Å². The molecule has 3 rings (SSSR count). The fourth-order valence-electron chi connectivity index (χ4n) is 4.25. The SMILES string of the molecule is C1=CCOC1.CCC(C)(C)c1nc(C(C)(C)C)[n-]c1C(C)(C)CC.CCC(C)(C)c1nc(C(C)(C)C)[n-]c1C(C)(C)CC.[Ba+2]. The van der Waals surface area contributed by atoms with Crippen molar-refractivity contribution in [3.8, 4) is 0 Å². The van der Waals surface area contributed by atoms with Crippen LogP contribution in [0.15, 0.2) is 12.2 Å². The summed E-state index contributed by atoms with van der Waals surface area (Å²) in [5, 5.41) is 0. The van der Waals surface area contributed by atoms with Crippen molar-refractivity contribution in [1.29, 1.82) is 0 Å². The second kappa shape index (κ2) is 16.7. The molecule has 5 nitrogen and oxygen atoms in total. The van der Waals surface area contributed by atoms with Gasteiger partial charge in [-0.05, 0) is 58.2 Å². The van der Waals surface area contributed by atoms with Crippen LogP contribution in [0.1, 0.15) is 185 Å². The van der Waals surface area contributed by atoms with Crippen LogP contribution in [0.2, 0.25) is 0 Å². The molecule has 0 amide bonds. The summed E-state index contributed by atoms with van der Waals surface area (Å²) in [6.07, 6.45) is 8.37. The van der Waals surface area contributed by atoms with Gasteiger partial charge in [-0.2, -0.15) is 0 Å². The molecule has 44 heavy (non-hydrogen) atoms. The van der Waals surface area contributed by atoms with Crippen LogP contribution in [0, 0.1) is 0 Å². The van der Waals surface area contributed by atoms with Gasteiger partial charge in [0.1, 0.15) is 0 Å². The van der Waals surface area contributed by atoms with Crippen molar-refractivity contribution in [3.05, 3.63) is 46.6 Å². The topological polar surface area (TPSA) is 63.2 Å².